The zero-order valence-electron chi connectivity index (χ0n) is 14.9. The average Bonchev–Trinajstić information content (AvgIpc) is 3.01. The molecule has 3 aromatic rings. The summed E-state index contributed by atoms with van der Waals surface area (Å²) in [6, 6.07) is 7.25. The summed E-state index contributed by atoms with van der Waals surface area (Å²) in [5.74, 6) is 0.319. The van der Waals surface area contributed by atoms with E-state index in [4.69, 9.17) is 16.3 Å². The Morgan fingerprint density at radius 3 is 2.89 bits per heavy atom. The van der Waals surface area contributed by atoms with Gasteiger partial charge in [0.25, 0.3) is 5.56 Å². The monoisotopic (exact) mass is 390 g/mol. The minimum absolute atomic E-state index is 0.260. The van der Waals surface area contributed by atoms with Gasteiger partial charge in [-0.05, 0) is 13.0 Å². The first-order valence-corrected chi connectivity index (χ1v) is 8.71. The van der Waals surface area contributed by atoms with Crippen molar-refractivity contribution < 1.29 is 4.74 Å². The van der Waals surface area contributed by atoms with Crippen molar-refractivity contribution in [2.45, 2.75) is 13.5 Å². The fourth-order valence-corrected chi connectivity index (χ4v) is 2.76. The molecule has 2 aromatic heterocycles. The van der Waals surface area contributed by atoms with Gasteiger partial charge >= 0.3 is 5.69 Å². The molecule has 0 saturated heterocycles. The van der Waals surface area contributed by atoms with Gasteiger partial charge in [-0.1, -0.05) is 29.8 Å². The summed E-state index contributed by atoms with van der Waals surface area (Å²) in [5.41, 5.74) is 3.03. The molecule has 0 aliphatic rings. The van der Waals surface area contributed by atoms with Crippen molar-refractivity contribution in [2.75, 3.05) is 18.6 Å². The van der Waals surface area contributed by atoms with Gasteiger partial charge < -0.3 is 9.30 Å². The van der Waals surface area contributed by atoms with E-state index in [1.165, 1.54) is 11.6 Å². The van der Waals surface area contributed by atoms with E-state index in [0.29, 0.717) is 30.7 Å². The molecule has 0 unspecified atom stereocenters. The Hall–Kier alpha value is -2.91. The van der Waals surface area contributed by atoms with Crippen LogP contribution in [0.15, 0.2) is 39.0 Å². The van der Waals surface area contributed by atoms with Crippen LogP contribution < -0.4 is 16.7 Å². The highest BCUT2D eigenvalue weighted by atomic mass is 35.5. The number of aromatic amines is 1. The number of nitrogens with one attached hydrogen (secondary N) is 2. The number of anilines is 1. The molecular formula is C17H19ClN6O3. The standard InChI is InChI=1S/C17H19ClN6O3/c1-3-27-9-8-24-13-14(23(2)17(26)21-15(13)25)20-16(24)22-19-10-11-6-4-5-7-12(11)18/h4-7,10H,3,8-9H2,1-2H3,(H,20,22)(H,21,25,26). The molecule has 0 aliphatic carbocycles. The second-order valence-corrected chi connectivity index (χ2v) is 6.07. The molecule has 10 heteroatoms. The van der Waals surface area contributed by atoms with E-state index in [9.17, 15) is 9.59 Å². The molecule has 9 nitrogen and oxygen atoms in total. The van der Waals surface area contributed by atoms with Crippen LogP contribution in [-0.4, -0.2) is 38.5 Å². The maximum atomic E-state index is 12.3. The van der Waals surface area contributed by atoms with E-state index in [0.717, 1.165) is 5.56 Å². The normalized spacial score (nSPS) is 11.5. The van der Waals surface area contributed by atoms with E-state index < -0.39 is 11.2 Å². The number of rotatable bonds is 7. The molecule has 0 aliphatic heterocycles. The lowest BCUT2D eigenvalue weighted by Gasteiger charge is -2.08. The van der Waals surface area contributed by atoms with Gasteiger partial charge in [-0.15, -0.1) is 0 Å². The summed E-state index contributed by atoms with van der Waals surface area (Å²) >= 11 is 6.11. The van der Waals surface area contributed by atoms with Gasteiger partial charge in [0, 0.05) is 30.8 Å². The number of aromatic nitrogens is 4. The number of H-pyrrole nitrogens is 1. The number of nitrogens with zero attached hydrogens (tertiary/aromatic N) is 4. The Labute approximate surface area is 159 Å². The SMILES string of the molecule is CCOCCn1c(NN=Cc2ccccc2Cl)nc2c1c(=O)[nH]c(=O)n2C. The smallest absolute Gasteiger partial charge is 0.329 e. The van der Waals surface area contributed by atoms with Gasteiger partial charge in [-0.25, -0.2) is 10.2 Å². The molecule has 0 bridgehead atoms. The van der Waals surface area contributed by atoms with E-state index in [1.54, 1.807) is 16.8 Å². The minimum Gasteiger partial charge on any atom is -0.380 e. The first kappa shape index (κ1) is 18.9. The molecule has 0 spiro atoms. The van der Waals surface area contributed by atoms with Crippen molar-refractivity contribution >= 4 is 34.9 Å². The topological polar surface area (TPSA) is 106 Å². The molecule has 0 saturated carbocycles. The molecule has 0 fully saturated rings. The van der Waals surface area contributed by atoms with Crippen LogP contribution in [0, 0.1) is 0 Å². The van der Waals surface area contributed by atoms with Crippen molar-refractivity contribution in [3.05, 3.63) is 55.7 Å². The lowest BCUT2D eigenvalue weighted by molar-refractivity contribution is 0.140. The molecule has 0 atom stereocenters. The van der Waals surface area contributed by atoms with Crippen LogP contribution in [0.5, 0.6) is 0 Å². The number of hydrogen-bond acceptors (Lipinski definition) is 6. The second kappa shape index (κ2) is 8.19. The van der Waals surface area contributed by atoms with Gasteiger partial charge in [0.1, 0.15) is 0 Å². The molecule has 2 N–H and O–H groups in total. The molecular weight excluding hydrogens is 372 g/mol. The first-order valence-electron chi connectivity index (χ1n) is 8.33. The Morgan fingerprint density at radius 2 is 2.15 bits per heavy atom. The van der Waals surface area contributed by atoms with Crippen LogP contribution in [0.2, 0.25) is 5.02 Å². The number of hydrazone groups is 1. The van der Waals surface area contributed by atoms with Crippen LogP contribution in [-0.2, 0) is 18.3 Å². The fraction of sp³-hybridized carbons (Fsp3) is 0.294. The predicted octanol–water partition coefficient (Wildman–Crippen LogP) is 1.56. The lowest BCUT2D eigenvalue weighted by atomic mass is 10.2. The maximum Gasteiger partial charge on any atom is 0.329 e. The minimum atomic E-state index is -0.534. The van der Waals surface area contributed by atoms with Crippen molar-refractivity contribution in [3.8, 4) is 0 Å². The summed E-state index contributed by atoms with van der Waals surface area (Å²) in [7, 11) is 1.54. The molecule has 27 heavy (non-hydrogen) atoms. The van der Waals surface area contributed by atoms with Crippen LogP contribution in [0.4, 0.5) is 5.95 Å². The third-order valence-corrected chi connectivity index (χ3v) is 4.29. The van der Waals surface area contributed by atoms with Crippen LogP contribution in [0.25, 0.3) is 11.2 Å². The Kier molecular flexibility index (Phi) is 5.72. The quantitative estimate of drug-likeness (QED) is 0.362. The Balaban J connectivity index is 2.00. The third-order valence-electron chi connectivity index (χ3n) is 3.94. The number of imidazole rings is 1. The van der Waals surface area contributed by atoms with E-state index in [1.807, 2.05) is 25.1 Å². The van der Waals surface area contributed by atoms with Crippen molar-refractivity contribution in [1.82, 2.24) is 19.1 Å². The van der Waals surface area contributed by atoms with Crippen LogP contribution in [0.3, 0.4) is 0 Å². The van der Waals surface area contributed by atoms with Crippen LogP contribution in [0.1, 0.15) is 12.5 Å². The van der Waals surface area contributed by atoms with Gasteiger partial charge in [-0.3, -0.25) is 14.3 Å². The summed E-state index contributed by atoms with van der Waals surface area (Å²) < 4.78 is 8.29. The average molecular weight is 391 g/mol. The maximum absolute atomic E-state index is 12.3. The van der Waals surface area contributed by atoms with Crippen LogP contribution >= 0.6 is 11.6 Å². The summed E-state index contributed by atoms with van der Waals surface area (Å²) in [6.45, 7) is 3.19. The summed E-state index contributed by atoms with van der Waals surface area (Å²) in [5, 5.41) is 4.72. The highest BCUT2D eigenvalue weighted by Gasteiger charge is 2.16. The largest absolute Gasteiger partial charge is 0.380 e. The third kappa shape index (κ3) is 3.93. The second-order valence-electron chi connectivity index (χ2n) is 5.67. The van der Waals surface area contributed by atoms with Crippen molar-refractivity contribution in [2.24, 2.45) is 12.1 Å². The number of fused-ring (bicyclic) bond motifs is 1. The fourth-order valence-electron chi connectivity index (χ4n) is 2.58. The Morgan fingerprint density at radius 1 is 1.37 bits per heavy atom. The van der Waals surface area contributed by atoms with Crippen molar-refractivity contribution in [3.63, 3.8) is 0 Å². The molecule has 2 heterocycles. The van der Waals surface area contributed by atoms with E-state index in [-0.39, 0.29) is 11.2 Å². The zero-order chi connectivity index (χ0) is 19.4. The predicted molar refractivity (Wildman–Crippen MR) is 105 cm³/mol. The summed E-state index contributed by atoms with van der Waals surface area (Å²) in [6.07, 6.45) is 1.55. The molecule has 3 rings (SSSR count). The number of aryl methyl sites for hydroxylation is 1. The van der Waals surface area contributed by atoms with Gasteiger partial charge in [0.05, 0.1) is 12.8 Å². The van der Waals surface area contributed by atoms with E-state index >= 15 is 0 Å². The highest BCUT2D eigenvalue weighted by molar-refractivity contribution is 6.33. The summed E-state index contributed by atoms with van der Waals surface area (Å²) in [4.78, 5) is 30.8. The molecule has 0 radical (unpaired) electrons. The zero-order valence-corrected chi connectivity index (χ0v) is 15.7. The molecule has 1 aromatic carbocycles. The number of ether oxygens (including phenoxy) is 1. The first-order chi connectivity index (χ1) is 13.0. The Bertz CT molecular complexity index is 1100. The number of benzene rings is 1. The van der Waals surface area contributed by atoms with Gasteiger partial charge in [-0.2, -0.15) is 10.1 Å². The highest BCUT2D eigenvalue weighted by Crippen LogP contribution is 2.16. The van der Waals surface area contributed by atoms with E-state index in [2.05, 4.69) is 20.5 Å². The number of hydrogen-bond donors (Lipinski definition) is 2. The molecule has 0 amide bonds. The van der Waals surface area contributed by atoms with Gasteiger partial charge in [0.15, 0.2) is 11.2 Å². The molecule has 142 valence electrons. The number of halogens is 1. The lowest BCUT2D eigenvalue weighted by Crippen LogP contribution is -2.29. The van der Waals surface area contributed by atoms with Gasteiger partial charge in [0.2, 0.25) is 5.95 Å². The van der Waals surface area contributed by atoms with Crippen molar-refractivity contribution in [1.29, 1.82) is 0 Å².